The number of carbonyl (C=O) groups excluding carboxylic acids is 1. The van der Waals surface area contributed by atoms with Crippen molar-refractivity contribution in [3.63, 3.8) is 0 Å². The van der Waals surface area contributed by atoms with Crippen molar-refractivity contribution in [2.75, 3.05) is 13.2 Å². The summed E-state index contributed by atoms with van der Waals surface area (Å²) in [5.41, 5.74) is -0.464. The van der Waals surface area contributed by atoms with E-state index in [1.165, 1.54) is 0 Å². The van der Waals surface area contributed by atoms with Crippen molar-refractivity contribution in [3.8, 4) is 0 Å². The van der Waals surface area contributed by atoms with Crippen molar-refractivity contribution in [2.45, 2.75) is 31.5 Å². The Labute approximate surface area is 102 Å². The zero-order chi connectivity index (χ0) is 12.5. The van der Waals surface area contributed by atoms with E-state index in [9.17, 15) is 9.90 Å². The van der Waals surface area contributed by atoms with E-state index in [0.717, 1.165) is 0 Å². The van der Waals surface area contributed by atoms with Crippen LogP contribution in [0.1, 0.15) is 19.8 Å². The Morgan fingerprint density at radius 1 is 1.76 bits per heavy atom. The Morgan fingerprint density at radius 3 is 3.18 bits per heavy atom. The average Bonchev–Trinajstić information content (AvgIpc) is 2.72. The summed E-state index contributed by atoms with van der Waals surface area (Å²) in [6.45, 7) is 2.29. The smallest absolute Gasteiger partial charge is 0.356 e. The molecule has 7 heteroatoms. The molecule has 0 amide bonds. The molecule has 6 nitrogen and oxygen atoms in total. The van der Waals surface area contributed by atoms with Crippen LogP contribution < -0.4 is 0 Å². The van der Waals surface area contributed by atoms with E-state index in [2.05, 4.69) is 14.6 Å². The van der Waals surface area contributed by atoms with Gasteiger partial charge in [-0.1, -0.05) is 5.16 Å². The van der Waals surface area contributed by atoms with Crippen LogP contribution in [0.3, 0.4) is 0 Å². The minimum atomic E-state index is -0.719. The van der Waals surface area contributed by atoms with Gasteiger partial charge in [0.1, 0.15) is 0 Å². The van der Waals surface area contributed by atoms with Crippen molar-refractivity contribution in [1.82, 2.24) is 0 Å². The Balaban J connectivity index is 2.16. The lowest BCUT2D eigenvalue weighted by Gasteiger charge is -2.25. The lowest BCUT2D eigenvalue weighted by atomic mass is 9.88. The highest BCUT2D eigenvalue weighted by Crippen LogP contribution is 2.44. The van der Waals surface area contributed by atoms with Gasteiger partial charge in [-0.2, -0.15) is 0 Å². The molecule has 96 valence electrons. The third-order valence-corrected chi connectivity index (χ3v) is 3.36. The molecule has 1 fully saturated rings. The molecule has 2 unspecified atom stereocenters. The highest BCUT2D eigenvalue weighted by molar-refractivity contribution is 7.09. The van der Waals surface area contributed by atoms with Crippen LogP contribution in [0.15, 0.2) is 5.16 Å². The number of rotatable bonds is 4. The number of aliphatic hydroxyl groups is 1. The lowest BCUT2D eigenvalue weighted by Crippen LogP contribution is -2.40. The molecule has 2 aliphatic rings. The SMILES string of the molecule is CCOC(=O)C1=NO[C@]2(COP)CC(O)C[C@H]12. The molecule has 0 aromatic heterocycles. The van der Waals surface area contributed by atoms with E-state index in [4.69, 9.17) is 14.1 Å². The lowest BCUT2D eigenvalue weighted by molar-refractivity contribution is -0.135. The van der Waals surface area contributed by atoms with E-state index in [0.29, 0.717) is 19.4 Å². The van der Waals surface area contributed by atoms with E-state index < -0.39 is 17.7 Å². The van der Waals surface area contributed by atoms with Crippen LogP contribution >= 0.6 is 9.47 Å². The van der Waals surface area contributed by atoms with Crippen LogP contribution in [-0.2, 0) is 18.9 Å². The number of ether oxygens (including phenoxy) is 1. The second kappa shape index (κ2) is 4.88. The number of oxime groups is 1. The molecular formula is C10H16NO5P. The molecule has 0 bridgehead atoms. The normalized spacial score (nSPS) is 35.1. The van der Waals surface area contributed by atoms with E-state index in [1.54, 1.807) is 6.92 Å². The minimum absolute atomic E-state index is 0.253. The summed E-state index contributed by atoms with van der Waals surface area (Å²) in [6, 6.07) is 0. The first kappa shape index (κ1) is 12.7. The fraction of sp³-hybridized carbons (Fsp3) is 0.800. The van der Waals surface area contributed by atoms with Crippen molar-refractivity contribution in [1.29, 1.82) is 0 Å². The van der Waals surface area contributed by atoms with E-state index in [1.807, 2.05) is 0 Å². The van der Waals surface area contributed by atoms with Crippen molar-refractivity contribution in [3.05, 3.63) is 0 Å². The molecule has 1 aliphatic carbocycles. The summed E-state index contributed by atoms with van der Waals surface area (Å²) in [5, 5.41) is 13.5. The van der Waals surface area contributed by atoms with Gasteiger partial charge in [0.15, 0.2) is 11.3 Å². The van der Waals surface area contributed by atoms with Gasteiger partial charge in [0, 0.05) is 15.9 Å². The van der Waals surface area contributed by atoms with Gasteiger partial charge in [0.2, 0.25) is 0 Å². The third kappa shape index (κ3) is 2.17. The second-order valence-electron chi connectivity index (χ2n) is 4.31. The van der Waals surface area contributed by atoms with Gasteiger partial charge >= 0.3 is 5.97 Å². The van der Waals surface area contributed by atoms with Crippen LogP contribution in [0.5, 0.6) is 0 Å². The first-order valence-electron chi connectivity index (χ1n) is 5.56. The highest BCUT2D eigenvalue weighted by atomic mass is 31.0. The molecule has 17 heavy (non-hydrogen) atoms. The molecule has 0 spiro atoms. The van der Waals surface area contributed by atoms with Gasteiger partial charge in [-0.3, -0.25) is 0 Å². The topological polar surface area (TPSA) is 77.4 Å². The average molecular weight is 261 g/mol. The zero-order valence-corrected chi connectivity index (χ0v) is 10.7. The van der Waals surface area contributed by atoms with Gasteiger partial charge in [0.25, 0.3) is 0 Å². The maximum atomic E-state index is 11.7. The Bertz CT molecular complexity index is 348. The molecular weight excluding hydrogens is 245 g/mol. The zero-order valence-electron chi connectivity index (χ0n) is 9.59. The largest absolute Gasteiger partial charge is 0.461 e. The Hall–Kier alpha value is -0.710. The van der Waals surface area contributed by atoms with E-state index in [-0.39, 0.29) is 18.2 Å². The highest BCUT2D eigenvalue weighted by Gasteiger charge is 2.57. The Kier molecular flexibility index (Phi) is 3.66. The van der Waals surface area contributed by atoms with Crippen LogP contribution in [-0.4, -0.2) is 41.7 Å². The number of esters is 1. The van der Waals surface area contributed by atoms with Crippen LogP contribution in [0.2, 0.25) is 0 Å². The molecule has 0 radical (unpaired) electrons. The fourth-order valence-electron chi connectivity index (χ4n) is 2.49. The van der Waals surface area contributed by atoms with Gasteiger partial charge in [-0.05, 0) is 13.3 Å². The summed E-state index contributed by atoms with van der Waals surface area (Å²) in [6.07, 6.45) is 0.365. The summed E-state index contributed by atoms with van der Waals surface area (Å²) >= 11 is 0. The van der Waals surface area contributed by atoms with Crippen LogP contribution in [0.25, 0.3) is 0 Å². The molecule has 2 rings (SSSR count). The minimum Gasteiger partial charge on any atom is -0.461 e. The maximum absolute atomic E-state index is 11.7. The van der Waals surface area contributed by atoms with E-state index >= 15 is 0 Å². The quantitative estimate of drug-likeness (QED) is 0.580. The van der Waals surface area contributed by atoms with Crippen molar-refractivity contribution < 1.29 is 24.0 Å². The van der Waals surface area contributed by atoms with Gasteiger partial charge in [0.05, 0.1) is 25.2 Å². The molecule has 1 heterocycles. The standard InChI is InChI=1S/C10H16NO5P/c1-2-14-9(13)8-7-3-6(12)4-10(7,5-15-17)16-11-8/h6-7,12H,2-5,17H2,1H3/t6?,7-,10+/m1/s1. The summed E-state index contributed by atoms with van der Waals surface area (Å²) in [7, 11) is 2.14. The summed E-state index contributed by atoms with van der Waals surface area (Å²) in [4.78, 5) is 17.0. The maximum Gasteiger partial charge on any atom is 0.356 e. The molecule has 0 saturated heterocycles. The third-order valence-electron chi connectivity index (χ3n) is 3.19. The number of carbonyl (C=O) groups is 1. The molecule has 1 N–H and O–H groups in total. The molecule has 1 saturated carbocycles. The molecule has 0 aromatic rings. The molecule has 1 aliphatic heterocycles. The number of aliphatic hydroxyl groups excluding tert-OH is 1. The van der Waals surface area contributed by atoms with Crippen molar-refractivity contribution in [2.24, 2.45) is 11.1 Å². The van der Waals surface area contributed by atoms with Crippen LogP contribution in [0.4, 0.5) is 0 Å². The summed E-state index contributed by atoms with van der Waals surface area (Å²) in [5.74, 6) is -0.727. The Morgan fingerprint density at radius 2 is 2.53 bits per heavy atom. The number of hydrogen-bond donors (Lipinski definition) is 1. The van der Waals surface area contributed by atoms with Crippen molar-refractivity contribution >= 4 is 21.1 Å². The fourth-order valence-corrected chi connectivity index (χ4v) is 2.77. The number of hydrogen-bond acceptors (Lipinski definition) is 6. The van der Waals surface area contributed by atoms with Gasteiger partial charge < -0.3 is 19.2 Å². The van der Waals surface area contributed by atoms with Gasteiger partial charge in [-0.25, -0.2) is 4.79 Å². The second-order valence-corrected chi connectivity index (χ2v) is 4.64. The molecule has 4 atom stereocenters. The number of nitrogens with zero attached hydrogens (tertiary/aromatic N) is 1. The molecule has 0 aromatic carbocycles. The van der Waals surface area contributed by atoms with Crippen LogP contribution in [0, 0.1) is 5.92 Å². The monoisotopic (exact) mass is 261 g/mol. The first-order valence-corrected chi connectivity index (χ1v) is 6.03. The first-order chi connectivity index (χ1) is 8.13. The van der Waals surface area contributed by atoms with Gasteiger partial charge in [-0.15, -0.1) is 0 Å². The predicted octanol–water partition coefficient (Wildman–Crippen LogP) is 0.252. The number of fused-ring (bicyclic) bond motifs is 1. The predicted molar refractivity (Wildman–Crippen MR) is 62.3 cm³/mol. The summed E-state index contributed by atoms with van der Waals surface area (Å²) < 4.78 is 9.94.